The van der Waals surface area contributed by atoms with Gasteiger partial charge in [0.15, 0.2) is 5.82 Å². The highest BCUT2D eigenvalue weighted by molar-refractivity contribution is 5.74. The molecule has 0 saturated heterocycles. The number of nitrogens with one attached hydrogen (secondary N) is 1. The number of H-pyrrole nitrogens is 1. The maximum absolute atomic E-state index is 6.09. The minimum atomic E-state index is 0.594. The fourth-order valence-corrected chi connectivity index (χ4v) is 5.10. The number of nitrogen functional groups attached to an aromatic ring is 1. The summed E-state index contributed by atoms with van der Waals surface area (Å²) in [4.78, 5) is 4.46. The fourth-order valence-electron chi connectivity index (χ4n) is 5.10. The molecule has 2 aromatic heterocycles. The summed E-state index contributed by atoms with van der Waals surface area (Å²) in [6.07, 6.45) is 6.16. The van der Waals surface area contributed by atoms with Crippen molar-refractivity contribution in [3.05, 3.63) is 30.1 Å². The number of hydrogen-bond acceptors (Lipinski definition) is 3. The van der Waals surface area contributed by atoms with E-state index in [9.17, 15) is 0 Å². The second kappa shape index (κ2) is 3.62. The van der Waals surface area contributed by atoms with Gasteiger partial charge in [0.2, 0.25) is 0 Å². The number of aromatic amines is 1. The van der Waals surface area contributed by atoms with Gasteiger partial charge in [0.25, 0.3) is 0 Å². The Kier molecular flexibility index (Phi) is 1.97. The van der Waals surface area contributed by atoms with Crippen LogP contribution < -0.4 is 5.73 Å². The van der Waals surface area contributed by atoms with E-state index < -0.39 is 0 Å². The van der Waals surface area contributed by atoms with Crippen LogP contribution in [0.25, 0.3) is 11.3 Å². The van der Waals surface area contributed by atoms with Crippen LogP contribution in [0.1, 0.15) is 30.9 Å². The molecule has 20 heavy (non-hydrogen) atoms. The Labute approximate surface area is 117 Å². The highest BCUT2D eigenvalue weighted by Gasteiger charge is 2.66. The normalized spacial score (nSPS) is 37.1. The second-order valence-electron chi connectivity index (χ2n) is 6.63. The molecule has 3 N–H and O–H groups in total. The summed E-state index contributed by atoms with van der Waals surface area (Å²) >= 11 is 0. The number of nitrogens with two attached hydrogens (primary N) is 1. The maximum atomic E-state index is 6.09. The summed E-state index contributed by atoms with van der Waals surface area (Å²) in [6.45, 7) is 0. The van der Waals surface area contributed by atoms with Crippen molar-refractivity contribution < 1.29 is 0 Å². The van der Waals surface area contributed by atoms with Crippen molar-refractivity contribution in [2.24, 2.45) is 23.7 Å². The zero-order valence-electron chi connectivity index (χ0n) is 11.3. The van der Waals surface area contributed by atoms with Gasteiger partial charge in [0.05, 0.1) is 17.0 Å². The van der Waals surface area contributed by atoms with Crippen molar-refractivity contribution in [3.63, 3.8) is 0 Å². The van der Waals surface area contributed by atoms with Crippen molar-refractivity contribution >= 4 is 5.82 Å². The van der Waals surface area contributed by atoms with Gasteiger partial charge in [-0.25, -0.2) is 0 Å². The number of nitrogens with zero attached hydrogens (tertiary/aromatic N) is 2. The van der Waals surface area contributed by atoms with Gasteiger partial charge in [-0.15, -0.1) is 0 Å². The summed E-state index contributed by atoms with van der Waals surface area (Å²) in [6, 6.07) is 5.97. The standard InChI is InChI=1S/C16H18N4/c17-16-13(10-3-1-2-6-18-10)15(19-20-16)14-11-8-4-5-9(7-8)12(11)14/h1-3,6,8-9,11-12,14H,4-5,7H2,(H3,17,19,20). The van der Waals surface area contributed by atoms with E-state index in [1.54, 1.807) is 0 Å². The van der Waals surface area contributed by atoms with E-state index in [1.807, 2.05) is 24.4 Å². The Morgan fingerprint density at radius 3 is 2.65 bits per heavy atom. The van der Waals surface area contributed by atoms with E-state index in [1.165, 1.54) is 25.0 Å². The lowest BCUT2D eigenvalue weighted by atomic mass is 9.97. The molecule has 5 rings (SSSR count). The Morgan fingerprint density at radius 2 is 1.95 bits per heavy atom. The quantitative estimate of drug-likeness (QED) is 0.878. The molecule has 2 bridgehead atoms. The molecule has 4 heteroatoms. The smallest absolute Gasteiger partial charge is 0.154 e. The molecule has 0 aromatic carbocycles. The van der Waals surface area contributed by atoms with Crippen molar-refractivity contribution in [1.29, 1.82) is 0 Å². The van der Waals surface area contributed by atoms with Crippen LogP contribution in [0.3, 0.4) is 0 Å². The monoisotopic (exact) mass is 266 g/mol. The first-order chi connectivity index (χ1) is 9.84. The molecule has 0 spiro atoms. The van der Waals surface area contributed by atoms with Gasteiger partial charge in [0.1, 0.15) is 0 Å². The van der Waals surface area contributed by atoms with Crippen LogP contribution in [-0.4, -0.2) is 15.2 Å². The Bertz CT molecular complexity index is 646. The van der Waals surface area contributed by atoms with Crippen molar-refractivity contribution in [2.75, 3.05) is 5.73 Å². The Morgan fingerprint density at radius 1 is 1.15 bits per heavy atom. The molecule has 0 amide bonds. The Hall–Kier alpha value is -1.84. The molecule has 3 aliphatic carbocycles. The minimum Gasteiger partial charge on any atom is -0.382 e. The number of fused-ring (bicyclic) bond motifs is 5. The maximum Gasteiger partial charge on any atom is 0.154 e. The lowest BCUT2D eigenvalue weighted by Crippen LogP contribution is -2.00. The molecule has 2 heterocycles. The lowest BCUT2D eigenvalue weighted by Gasteiger charge is -2.09. The fraction of sp³-hybridized carbons (Fsp3) is 0.500. The van der Waals surface area contributed by atoms with E-state index >= 15 is 0 Å². The van der Waals surface area contributed by atoms with Gasteiger partial charge in [-0.2, -0.15) is 5.10 Å². The third-order valence-electron chi connectivity index (χ3n) is 5.81. The minimum absolute atomic E-state index is 0.594. The zero-order chi connectivity index (χ0) is 13.3. The first-order valence-corrected chi connectivity index (χ1v) is 7.59. The highest BCUT2D eigenvalue weighted by Crippen LogP contribution is 2.73. The summed E-state index contributed by atoms with van der Waals surface area (Å²) in [5, 5.41) is 7.48. The SMILES string of the molecule is Nc1n[nH]c(C2C3C4CCC(C4)C23)c1-c1ccccn1. The lowest BCUT2D eigenvalue weighted by molar-refractivity contribution is 0.456. The van der Waals surface area contributed by atoms with Crippen molar-refractivity contribution in [3.8, 4) is 11.3 Å². The molecule has 4 atom stereocenters. The van der Waals surface area contributed by atoms with Crippen LogP contribution in [-0.2, 0) is 0 Å². The topological polar surface area (TPSA) is 67.6 Å². The third kappa shape index (κ3) is 1.27. The first-order valence-electron chi connectivity index (χ1n) is 7.59. The molecule has 2 aromatic rings. The molecule has 3 fully saturated rings. The average molecular weight is 266 g/mol. The predicted molar refractivity (Wildman–Crippen MR) is 76.8 cm³/mol. The molecular weight excluding hydrogens is 248 g/mol. The summed E-state index contributed by atoms with van der Waals surface area (Å²) in [5.74, 6) is 4.93. The van der Waals surface area contributed by atoms with Crippen LogP contribution in [0, 0.1) is 23.7 Å². The van der Waals surface area contributed by atoms with E-state index in [2.05, 4.69) is 15.2 Å². The summed E-state index contributed by atoms with van der Waals surface area (Å²) in [7, 11) is 0. The molecule has 3 aliphatic rings. The molecule has 4 unspecified atom stereocenters. The van der Waals surface area contributed by atoms with E-state index in [4.69, 9.17) is 5.73 Å². The molecule has 0 radical (unpaired) electrons. The summed E-state index contributed by atoms with van der Waals surface area (Å²) < 4.78 is 0. The van der Waals surface area contributed by atoms with Crippen LogP contribution in [0.4, 0.5) is 5.82 Å². The van der Waals surface area contributed by atoms with Crippen LogP contribution in [0.2, 0.25) is 0 Å². The third-order valence-corrected chi connectivity index (χ3v) is 5.81. The molecular formula is C16H18N4. The Balaban J connectivity index is 1.58. The molecule has 4 nitrogen and oxygen atoms in total. The van der Waals surface area contributed by atoms with E-state index in [0.29, 0.717) is 11.7 Å². The number of rotatable bonds is 2. The van der Waals surface area contributed by atoms with Crippen LogP contribution in [0.5, 0.6) is 0 Å². The van der Waals surface area contributed by atoms with Gasteiger partial charge in [-0.05, 0) is 55.1 Å². The number of aromatic nitrogens is 3. The summed E-state index contributed by atoms with van der Waals surface area (Å²) in [5.41, 5.74) is 9.33. The van der Waals surface area contributed by atoms with Gasteiger partial charge < -0.3 is 5.73 Å². The number of hydrogen-bond donors (Lipinski definition) is 2. The van der Waals surface area contributed by atoms with Gasteiger partial charge in [0, 0.05) is 12.1 Å². The predicted octanol–water partition coefficient (Wildman–Crippen LogP) is 2.81. The molecule has 3 saturated carbocycles. The van der Waals surface area contributed by atoms with E-state index in [0.717, 1.165) is 34.9 Å². The zero-order valence-corrected chi connectivity index (χ0v) is 11.3. The molecule has 102 valence electrons. The van der Waals surface area contributed by atoms with Gasteiger partial charge in [-0.1, -0.05) is 6.07 Å². The van der Waals surface area contributed by atoms with Crippen LogP contribution in [0.15, 0.2) is 24.4 Å². The number of pyridine rings is 1. The first kappa shape index (κ1) is 10.9. The number of anilines is 1. The largest absolute Gasteiger partial charge is 0.382 e. The van der Waals surface area contributed by atoms with Crippen LogP contribution >= 0.6 is 0 Å². The van der Waals surface area contributed by atoms with Gasteiger partial charge in [-0.3, -0.25) is 10.1 Å². The molecule has 0 aliphatic heterocycles. The van der Waals surface area contributed by atoms with E-state index in [-0.39, 0.29) is 0 Å². The highest BCUT2D eigenvalue weighted by atomic mass is 15.2. The van der Waals surface area contributed by atoms with Gasteiger partial charge >= 0.3 is 0 Å². The average Bonchev–Trinajstić information content (AvgIpc) is 2.80. The second-order valence-corrected chi connectivity index (χ2v) is 6.63. The van der Waals surface area contributed by atoms with Crippen molar-refractivity contribution in [2.45, 2.75) is 25.2 Å². The van der Waals surface area contributed by atoms with Crippen molar-refractivity contribution in [1.82, 2.24) is 15.2 Å².